The molecule has 1 fully saturated rings. The van der Waals surface area contributed by atoms with Crippen molar-refractivity contribution in [2.45, 2.75) is 30.4 Å². The number of halogens is 6. The smallest absolute Gasteiger partial charge is 0.416 e. The predicted molar refractivity (Wildman–Crippen MR) is 119 cm³/mol. The summed E-state index contributed by atoms with van der Waals surface area (Å²) in [6.07, 6.45) is -7.45. The van der Waals surface area contributed by atoms with Gasteiger partial charge in [-0.1, -0.05) is 6.07 Å². The lowest BCUT2D eigenvalue weighted by molar-refractivity contribution is -0.143. The van der Waals surface area contributed by atoms with E-state index >= 15 is 0 Å². The molecule has 6 rings (SSSR count). The summed E-state index contributed by atoms with van der Waals surface area (Å²) in [6.45, 7) is -0.487. The summed E-state index contributed by atoms with van der Waals surface area (Å²) in [6, 6.07) is 6.03. The van der Waals surface area contributed by atoms with Crippen LogP contribution in [0.4, 0.5) is 37.7 Å². The van der Waals surface area contributed by atoms with Gasteiger partial charge in [-0.15, -0.1) is 0 Å². The van der Waals surface area contributed by atoms with E-state index in [0.29, 0.717) is 34.0 Å². The van der Waals surface area contributed by atoms with Gasteiger partial charge in [0.25, 0.3) is 0 Å². The van der Waals surface area contributed by atoms with E-state index in [-0.39, 0.29) is 23.7 Å². The summed E-state index contributed by atoms with van der Waals surface area (Å²) in [7, 11) is 0. The molecule has 1 saturated heterocycles. The lowest BCUT2D eigenvalue weighted by Gasteiger charge is -2.43. The van der Waals surface area contributed by atoms with Crippen molar-refractivity contribution in [1.82, 2.24) is 9.97 Å². The van der Waals surface area contributed by atoms with Crippen molar-refractivity contribution in [3.8, 4) is 0 Å². The summed E-state index contributed by atoms with van der Waals surface area (Å²) >= 11 is 0. The number of hydrogen-bond acceptors (Lipinski definition) is 6. The number of rotatable bonds is 1. The lowest BCUT2D eigenvalue weighted by atomic mass is 9.80. The van der Waals surface area contributed by atoms with Gasteiger partial charge < -0.3 is 14.7 Å². The van der Waals surface area contributed by atoms with Crippen molar-refractivity contribution >= 4 is 39.1 Å². The molecule has 37 heavy (non-hydrogen) atoms. The second-order valence-corrected chi connectivity index (χ2v) is 9.05. The van der Waals surface area contributed by atoms with Crippen LogP contribution in [-0.2, 0) is 28.3 Å². The van der Waals surface area contributed by atoms with Crippen LogP contribution >= 0.6 is 0 Å². The Morgan fingerprint density at radius 1 is 0.919 bits per heavy atom. The number of carbonyl (C=O) groups excluding carboxylic acids is 1. The zero-order valence-corrected chi connectivity index (χ0v) is 18.6. The molecule has 2 aromatic heterocycles. The number of aliphatic hydroxyl groups is 1. The number of fused-ring (bicyclic) bond motifs is 7. The van der Waals surface area contributed by atoms with Crippen LogP contribution in [0.15, 0.2) is 54.9 Å². The Labute approximate surface area is 204 Å². The average molecular weight is 519 g/mol. The summed E-state index contributed by atoms with van der Waals surface area (Å²) in [5.41, 5.74) is -4.46. The van der Waals surface area contributed by atoms with Gasteiger partial charge in [-0.25, -0.2) is 4.79 Å². The highest BCUT2D eigenvalue weighted by Crippen LogP contribution is 2.51. The second-order valence-electron chi connectivity index (χ2n) is 9.05. The minimum absolute atomic E-state index is 0.00813. The third-order valence-electron chi connectivity index (χ3n) is 6.74. The molecule has 2 unspecified atom stereocenters. The molecule has 4 aromatic rings. The third-order valence-corrected chi connectivity index (χ3v) is 6.74. The molecule has 4 heterocycles. The Balaban J connectivity index is 1.76. The van der Waals surface area contributed by atoms with Gasteiger partial charge in [-0.2, -0.15) is 26.3 Å². The lowest BCUT2D eigenvalue weighted by Crippen LogP contribution is -2.56. The molecule has 190 valence electrons. The first-order valence-corrected chi connectivity index (χ1v) is 11.0. The van der Waals surface area contributed by atoms with Crippen molar-refractivity contribution in [1.29, 1.82) is 0 Å². The Morgan fingerprint density at radius 3 is 2.14 bits per heavy atom. The number of alkyl halides is 6. The molecular weight excluding hydrogens is 504 g/mol. The third kappa shape index (κ3) is 3.50. The fourth-order valence-corrected chi connectivity index (χ4v) is 5.22. The van der Waals surface area contributed by atoms with Crippen LogP contribution in [0.3, 0.4) is 0 Å². The van der Waals surface area contributed by atoms with E-state index in [1.165, 1.54) is 12.4 Å². The topological polar surface area (TPSA) is 75.5 Å². The maximum absolute atomic E-state index is 13.7. The Kier molecular flexibility index (Phi) is 4.78. The summed E-state index contributed by atoms with van der Waals surface area (Å²) in [5.74, 6) is -0.977. The molecule has 6 nitrogen and oxygen atoms in total. The number of cyclic esters (lactones) is 1. The van der Waals surface area contributed by atoms with Gasteiger partial charge >= 0.3 is 18.3 Å². The van der Waals surface area contributed by atoms with Crippen LogP contribution in [0.2, 0.25) is 0 Å². The quantitative estimate of drug-likeness (QED) is 0.213. The zero-order valence-electron chi connectivity index (χ0n) is 18.6. The summed E-state index contributed by atoms with van der Waals surface area (Å²) in [5, 5.41) is 12.5. The number of esters is 1. The fraction of sp³-hybridized carbons (Fsp3) is 0.240. The van der Waals surface area contributed by atoms with E-state index < -0.39 is 53.4 Å². The van der Waals surface area contributed by atoms with Gasteiger partial charge in [-0.3, -0.25) is 9.97 Å². The second kappa shape index (κ2) is 7.54. The maximum Gasteiger partial charge on any atom is 0.416 e. The van der Waals surface area contributed by atoms with Crippen LogP contribution in [0.5, 0.6) is 0 Å². The molecule has 0 spiro atoms. The minimum atomic E-state index is -5.12. The number of benzene rings is 2. The van der Waals surface area contributed by atoms with Crippen LogP contribution in [0.25, 0.3) is 21.8 Å². The molecule has 0 bridgehead atoms. The van der Waals surface area contributed by atoms with E-state index in [0.717, 1.165) is 4.90 Å². The standard InChI is InChI=1S/C25H15F6N3O3/c26-24(27,28)12-7-13(25(29,30)31)9-14(8-12)34-20-17(10-23(36)11-37-22(35)21(23)34)15-3-1-5-32-18(15)16-4-2-6-33-19(16)20/h1-9,21,36H,10-11H2. The van der Waals surface area contributed by atoms with E-state index in [1.807, 2.05) is 0 Å². The Bertz CT molecular complexity index is 1570. The molecule has 2 aliphatic rings. The van der Waals surface area contributed by atoms with E-state index in [4.69, 9.17) is 4.74 Å². The number of nitrogens with zero attached hydrogens (tertiary/aromatic N) is 3. The fourth-order valence-electron chi connectivity index (χ4n) is 5.22. The SMILES string of the molecule is O=C1OCC2(O)Cc3c(c4ncccc4c4ncccc34)N(c3cc(C(F)(F)F)cc(C(F)(F)F)c3)C12. The van der Waals surface area contributed by atoms with Crippen molar-refractivity contribution in [2.75, 3.05) is 11.5 Å². The van der Waals surface area contributed by atoms with Gasteiger partial charge in [0.05, 0.1) is 27.8 Å². The number of anilines is 2. The van der Waals surface area contributed by atoms with Gasteiger partial charge in [0.2, 0.25) is 0 Å². The van der Waals surface area contributed by atoms with E-state index in [1.54, 1.807) is 24.3 Å². The molecule has 0 saturated carbocycles. The van der Waals surface area contributed by atoms with Crippen LogP contribution in [-0.4, -0.2) is 39.3 Å². The number of pyridine rings is 2. The first kappa shape index (κ1) is 23.5. The Hall–Kier alpha value is -3.93. The number of hydrogen-bond donors (Lipinski definition) is 1. The van der Waals surface area contributed by atoms with Crippen LogP contribution in [0, 0.1) is 0 Å². The van der Waals surface area contributed by atoms with Gasteiger partial charge in [-0.05, 0) is 42.0 Å². The highest BCUT2D eigenvalue weighted by molar-refractivity contribution is 6.14. The number of carbonyl (C=O) groups is 1. The summed E-state index contributed by atoms with van der Waals surface area (Å²) in [4.78, 5) is 22.6. The molecule has 1 N–H and O–H groups in total. The summed E-state index contributed by atoms with van der Waals surface area (Å²) < 4.78 is 87.5. The predicted octanol–water partition coefficient (Wildman–Crippen LogP) is 5.17. The molecule has 2 atom stereocenters. The molecule has 0 amide bonds. The van der Waals surface area contributed by atoms with Crippen molar-refractivity contribution < 1.29 is 41.0 Å². The van der Waals surface area contributed by atoms with Crippen LogP contribution < -0.4 is 4.90 Å². The molecule has 0 aliphatic carbocycles. The number of aromatic nitrogens is 2. The minimum Gasteiger partial charge on any atom is -0.461 e. The number of ether oxygens (including phenoxy) is 1. The van der Waals surface area contributed by atoms with Gasteiger partial charge in [0.1, 0.15) is 12.2 Å². The maximum atomic E-state index is 13.7. The van der Waals surface area contributed by atoms with E-state index in [2.05, 4.69) is 9.97 Å². The molecular formula is C25H15F6N3O3. The monoisotopic (exact) mass is 519 g/mol. The van der Waals surface area contributed by atoms with Crippen LogP contribution in [0.1, 0.15) is 16.7 Å². The van der Waals surface area contributed by atoms with Crippen molar-refractivity contribution in [3.05, 3.63) is 71.5 Å². The van der Waals surface area contributed by atoms with Crippen molar-refractivity contribution in [3.63, 3.8) is 0 Å². The normalized spacial score (nSPS) is 21.8. The van der Waals surface area contributed by atoms with Gasteiger partial charge in [0, 0.05) is 35.3 Å². The first-order valence-electron chi connectivity index (χ1n) is 11.0. The van der Waals surface area contributed by atoms with Gasteiger partial charge in [0.15, 0.2) is 6.04 Å². The largest absolute Gasteiger partial charge is 0.461 e. The highest BCUT2D eigenvalue weighted by Gasteiger charge is 2.57. The Morgan fingerprint density at radius 2 is 1.51 bits per heavy atom. The average Bonchev–Trinajstić information content (AvgIpc) is 3.15. The molecule has 12 heteroatoms. The molecule has 2 aromatic carbocycles. The van der Waals surface area contributed by atoms with E-state index in [9.17, 15) is 36.2 Å². The molecule has 0 radical (unpaired) electrons. The van der Waals surface area contributed by atoms with Crippen molar-refractivity contribution in [2.24, 2.45) is 0 Å². The first-order chi connectivity index (χ1) is 17.4. The highest BCUT2D eigenvalue weighted by atomic mass is 19.4. The molecule has 2 aliphatic heterocycles. The zero-order chi connectivity index (χ0) is 26.3.